The van der Waals surface area contributed by atoms with Crippen LogP contribution in [0.5, 0.6) is 0 Å². The van der Waals surface area contributed by atoms with E-state index >= 15 is 0 Å². The third kappa shape index (κ3) is 9.46. The quantitative estimate of drug-likeness (QED) is 0.261. The number of ketones is 1. The van der Waals surface area contributed by atoms with Gasteiger partial charge in [0.05, 0.1) is 17.2 Å². The summed E-state index contributed by atoms with van der Waals surface area (Å²) in [7, 11) is 0. The number of aromatic nitrogens is 1. The van der Waals surface area contributed by atoms with Crippen LogP contribution in [0.1, 0.15) is 73.8 Å². The van der Waals surface area contributed by atoms with Crippen LogP contribution in [0.15, 0.2) is 24.3 Å². The molecule has 12 heteroatoms. The number of hydrogen-bond donors (Lipinski definition) is 3. The molecule has 2 aliphatic heterocycles. The number of carbonyl (C=O) groups excluding carboxylic acids is 3. The summed E-state index contributed by atoms with van der Waals surface area (Å²) in [6.45, 7) is 10.7. The lowest BCUT2D eigenvalue weighted by atomic mass is 9.84. The van der Waals surface area contributed by atoms with Crippen molar-refractivity contribution in [2.24, 2.45) is 17.3 Å². The number of aliphatic hydroxyl groups excluding tert-OH is 1. The third-order valence-corrected chi connectivity index (χ3v) is 10.7. The van der Waals surface area contributed by atoms with E-state index in [2.05, 4.69) is 20.5 Å². The number of nitrogens with one attached hydrogen (secondary N) is 2. The standard InChI is InChI=1S/C33H48FN5O5S/c1-5-33(6-2,20-40)21-44-32(43)39-15-13-28(36-30(42)37-31-35-22(3)29(45-31)23(4)41)26(19-39)18-38-14-7-8-25(17-38)16-24-9-11-27(34)12-10-24/h9-12,25-26,28,40H,5-8,13-21H2,1-4H3,(H2,35,36,37,42)/t25-,26+,28+/m0/s1. The zero-order valence-corrected chi connectivity index (χ0v) is 27.8. The first kappa shape index (κ1) is 34.8. The lowest BCUT2D eigenvalue weighted by Crippen LogP contribution is -2.56. The van der Waals surface area contributed by atoms with Gasteiger partial charge in [-0.25, -0.2) is 19.0 Å². The fourth-order valence-electron chi connectivity index (χ4n) is 6.45. The molecule has 248 valence electrons. The highest BCUT2D eigenvalue weighted by Crippen LogP contribution is 2.29. The number of nitrogens with zero attached hydrogens (tertiary/aromatic N) is 3. The van der Waals surface area contributed by atoms with Gasteiger partial charge in [0.1, 0.15) is 12.4 Å². The van der Waals surface area contributed by atoms with Gasteiger partial charge >= 0.3 is 12.1 Å². The summed E-state index contributed by atoms with van der Waals surface area (Å²) in [5.74, 6) is 0.0584. The van der Waals surface area contributed by atoms with Crippen molar-refractivity contribution in [2.45, 2.75) is 72.3 Å². The maximum absolute atomic E-state index is 13.4. The van der Waals surface area contributed by atoms with Crippen LogP contribution in [0.4, 0.5) is 19.1 Å². The average molecular weight is 646 g/mol. The van der Waals surface area contributed by atoms with Gasteiger partial charge in [-0.3, -0.25) is 10.1 Å². The SMILES string of the molecule is CCC(CC)(CO)COC(=O)N1CC[C@@H](NC(=O)Nc2nc(C)c(C(C)=O)s2)[C@H](CN2CCC[C@@H](Cc3ccc(F)cc3)C2)C1. The van der Waals surface area contributed by atoms with Crippen LogP contribution in [-0.4, -0.2) is 89.8 Å². The Bertz CT molecular complexity index is 1290. The molecular formula is C33H48FN5O5S. The summed E-state index contributed by atoms with van der Waals surface area (Å²) in [5, 5.41) is 16.2. The first-order valence-electron chi connectivity index (χ1n) is 16.1. The Labute approximate surface area is 269 Å². The monoisotopic (exact) mass is 645 g/mol. The molecule has 3 heterocycles. The van der Waals surface area contributed by atoms with E-state index in [1.807, 2.05) is 26.0 Å². The number of likely N-dealkylation sites (tertiary alicyclic amines) is 2. The second-order valence-corrected chi connectivity index (χ2v) is 13.7. The van der Waals surface area contributed by atoms with Crippen molar-refractivity contribution in [3.05, 3.63) is 46.2 Å². The fourth-order valence-corrected chi connectivity index (χ4v) is 7.31. The highest BCUT2D eigenvalue weighted by atomic mass is 32.1. The van der Waals surface area contributed by atoms with Crippen LogP contribution in [0.2, 0.25) is 0 Å². The van der Waals surface area contributed by atoms with Gasteiger partial charge in [0, 0.05) is 50.5 Å². The minimum absolute atomic E-state index is 0.0441. The summed E-state index contributed by atoms with van der Waals surface area (Å²) < 4.78 is 19.2. The van der Waals surface area contributed by atoms with E-state index in [1.165, 1.54) is 19.1 Å². The van der Waals surface area contributed by atoms with Gasteiger partial charge in [0.25, 0.3) is 0 Å². The van der Waals surface area contributed by atoms with Crippen LogP contribution < -0.4 is 10.6 Å². The summed E-state index contributed by atoms with van der Waals surface area (Å²) >= 11 is 1.16. The van der Waals surface area contributed by atoms with Gasteiger partial charge in [-0.15, -0.1) is 0 Å². The topological polar surface area (TPSA) is 124 Å². The Balaban J connectivity index is 1.42. The van der Waals surface area contributed by atoms with Crippen molar-refractivity contribution in [3.63, 3.8) is 0 Å². The number of Topliss-reactive ketones (excluding diaryl/α,β-unsaturated/α-hetero) is 1. The fraction of sp³-hybridized carbons (Fsp3) is 0.636. The van der Waals surface area contributed by atoms with Crippen molar-refractivity contribution in [2.75, 3.05) is 51.3 Å². The van der Waals surface area contributed by atoms with Crippen LogP contribution >= 0.6 is 11.3 Å². The number of anilines is 1. The minimum Gasteiger partial charge on any atom is -0.449 e. The molecular weight excluding hydrogens is 597 g/mol. The Kier molecular flexibility index (Phi) is 12.3. The highest BCUT2D eigenvalue weighted by Gasteiger charge is 2.36. The molecule has 0 bridgehead atoms. The van der Waals surface area contributed by atoms with E-state index in [-0.39, 0.29) is 36.8 Å². The van der Waals surface area contributed by atoms with Crippen molar-refractivity contribution in [1.82, 2.24) is 20.1 Å². The van der Waals surface area contributed by atoms with Crippen molar-refractivity contribution >= 4 is 34.4 Å². The number of carbonyl (C=O) groups is 3. The van der Waals surface area contributed by atoms with Gasteiger partial charge in [-0.05, 0) is 75.6 Å². The van der Waals surface area contributed by atoms with E-state index in [0.29, 0.717) is 60.5 Å². The summed E-state index contributed by atoms with van der Waals surface area (Å²) in [5.41, 5.74) is 1.26. The Hall–Kier alpha value is -3.09. The predicted molar refractivity (Wildman–Crippen MR) is 173 cm³/mol. The molecule has 2 fully saturated rings. The molecule has 3 N–H and O–H groups in total. The van der Waals surface area contributed by atoms with E-state index in [4.69, 9.17) is 4.74 Å². The first-order chi connectivity index (χ1) is 21.5. The maximum Gasteiger partial charge on any atom is 0.409 e. The molecule has 0 saturated carbocycles. The molecule has 2 saturated heterocycles. The number of ether oxygens (including phenoxy) is 1. The zero-order chi connectivity index (χ0) is 32.6. The van der Waals surface area contributed by atoms with E-state index in [9.17, 15) is 23.9 Å². The van der Waals surface area contributed by atoms with Gasteiger partial charge in [0.15, 0.2) is 10.9 Å². The molecule has 2 aromatic rings. The summed E-state index contributed by atoms with van der Waals surface area (Å²) in [4.78, 5) is 47.2. The molecule has 2 aliphatic rings. The molecule has 45 heavy (non-hydrogen) atoms. The Morgan fingerprint density at radius 3 is 2.51 bits per heavy atom. The normalized spacial score (nSPS) is 20.9. The lowest BCUT2D eigenvalue weighted by Gasteiger charge is -2.42. The number of thiazole rings is 1. The molecule has 0 aliphatic carbocycles. The number of rotatable bonds is 12. The zero-order valence-electron chi connectivity index (χ0n) is 26.9. The molecule has 1 aromatic carbocycles. The second kappa shape index (κ2) is 16.0. The largest absolute Gasteiger partial charge is 0.449 e. The van der Waals surface area contributed by atoms with Crippen LogP contribution in [0.3, 0.4) is 0 Å². The summed E-state index contributed by atoms with van der Waals surface area (Å²) in [6, 6.07) is 6.13. The molecule has 1 aromatic heterocycles. The lowest BCUT2D eigenvalue weighted by molar-refractivity contribution is 0.00851. The van der Waals surface area contributed by atoms with Gasteiger partial charge < -0.3 is 25.0 Å². The predicted octanol–water partition coefficient (Wildman–Crippen LogP) is 5.50. The number of amides is 3. The average Bonchev–Trinajstić information content (AvgIpc) is 3.40. The van der Waals surface area contributed by atoms with Gasteiger partial charge in [-0.1, -0.05) is 37.3 Å². The van der Waals surface area contributed by atoms with Crippen molar-refractivity contribution in [3.8, 4) is 0 Å². The number of aryl methyl sites for hydroxylation is 1. The van der Waals surface area contributed by atoms with Crippen LogP contribution in [0.25, 0.3) is 0 Å². The third-order valence-electron chi connectivity index (χ3n) is 9.52. The molecule has 3 amide bonds. The summed E-state index contributed by atoms with van der Waals surface area (Å²) in [6.07, 6.45) is 4.59. The number of piperidine rings is 2. The smallest absolute Gasteiger partial charge is 0.409 e. The number of benzene rings is 1. The Morgan fingerprint density at radius 1 is 1.13 bits per heavy atom. The van der Waals surface area contributed by atoms with Gasteiger partial charge in [-0.2, -0.15) is 0 Å². The van der Waals surface area contributed by atoms with Crippen LogP contribution in [0, 0.1) is 30.0 Å². The highest BCUT2D eigenvalue weighted by molar-refractivity contribution is 7.17. The number of halogens is 1. The van der Waals surface area contributed by atoms with Gasteiger partial charge in [0.2, 0.25) is 0 Å². The molecule has 0 spiro atoms. The van der Waals surface area contributed by atoms with E-state index in [1.54, 1.807) is 11.8 Å². The molecule has 0 radical (unpaired) electrons. The first-order valence-corrected chi connectivity index (χ1v) is 16.9. The van der Waals surface area contributed by atoms with Crippen molar-refractivity contribution in [1.29, 1.82) is 0 Å². The van der Waals surface area contributed by atoms with Crippen LogP contribution in [-0.2, 0) is 11.2 Å². The second-order valence-electron chi connectivity index (χ2n) is 12.7. The maximum atomic E-state index is 13.4. The minimum atomic E-state index is -0.448. The molecule has 3 atom stereocenters. The number of urea groups is 1. The molecule has 4 rings (SSSR count). The number of hydrogen-bond acceptors (Lipinski definition) is 8. The molecule has 0 unspecified atom stereocenters. The number of aliphatic hydroxyl groups is 1. The Morgan fingerprint density at radius 2 is 1.87 bits per heavy atom. The van der Waals surface area contributed by atoms with Crippen molar-refractivity contribution < 1.29 is 28.6 Å². The van der Waals surface area contributed by atoms with E-state index in [0.717, 1.165) is 49.3 Å². The molecule has 10 nitrogen and oxygen atoms in total. The van der Waals surface area contributed by atoms with E-state index < -0.39 is 17.5 Å².